The van der Waals surface area contributed by atoms with Gasteiger partial charge in [-0.2, -0.15) is 0 Å². The molecule has 3 rings (SSSR count). The number of hydrogen-bond donors (Lipinski definition) is 3. The van der Waals surface area contributed by atoms with E-state index in [1.54, 1.807) is 36.4 Å². The molecular weight excluding hydrogens is 349 g/mol. The molecule has 1 aromatic heterocycles. The quantitative estimate of drug-likeness (QED) is 0.667. The molecule has 2 aromatic carbocycles. The van der Waals surface area contributed by atoms with E-state index in [1.165, 1.54) is 12.3 Å². The molecule has 0 fully saturated rings. The Morgan fingerprint density at radius 3 is 2.71 bits per heavy atom. The van der Waals surface area contributed by atoms with Crippen molar-refractivity contribution in [3.05, 3.63) is 74.6 Å². The van der Waals surface area contributed by atoms with Crippen LogP contribution >= 0.6 is 23.2 Å². The zero-order chi connectivity index (χ0) is 17.3. The van der Waals surface area contributed by atoms with Crippen LogP contribution in [0.5, 0.6) is 0 Å². The Bertz CT molecular complexity index is 985. The Hall–Kier alpha value is -2.34. The van der Waals surface area contributed by atoms with E-state index in [-0.39, 0.29) is 10.6 Å². The molecule has 0 saturated heterocycles. The van der Waals surface area contributed by atoms with Gasteiger partial charge in [-0.1, -0.05) is 35.3 Å². The molecule has 122 valence electrons. The fourth-order valence-electron chi connectivity index (χ4n) is 2.37. The number of carbonyl (C=O) groups excluding carboxylic acids is 1. The van der Waals surface area contributed by atoms with Crippen LogP contribution in [0.1, 0.15) is 11.6 Å². The molecule has 0 bridgehead atoms. The number of rotatable bonds is 3. The van der Waals surface area contributed by atoms with Gasteiger partial charge in [-0.15, -0.1) is 0 Å². The number of carbonyl (C=O) groups is 1. The first kappa shape index (κ1) is 16.5. The minimum atomic E-state index is -0.894. The molecule has 7 heteroatoms. The zero-order valence-electron chi connectivity index (χ0n) is 12.3. The summed E-state index contributed by atoms with van der Waals surface area (Å²) in [5.41, 5.74) is 6.70. The molecule has 0 aliphatic rings. The van der Waals surface area contributed by atoms with Gasteiger partial charge in [0, 0.05) is 16.6 Å². The summed E-state index contributed by atoms with van der Waals surface area (Å²) in [7, 11) is 0. The van der Waals surface area contributed by atoms with E-state index in [4.69, 9.17) is 28.9 Å². The van der Waals surface area contributed by atoms with Gasteiger partial charge in [-0.05, 0) is 41.3 Å². The molecule has 3 aromatic rings. The molecule has 0 radical (unpaired) electrons. The van der Waals surface area contributed by atoms with Gasteiger partial charge in [0.1, 0.15) is 6.04 Å². The Morgan fingerprint density at radius 2 is 1.96 bits per heavy atom. The van der Waals surface area contributed by atoms with E-state index < -0.39 is 11.9 Å². The molecule has 1 atom stereocenters. The molecule has 0 aliphatic heterocycles. The fraction of sp³-hybridized carbons (Fsp3) is 0.0588. The number of aromatic nitrogens is 1. The van der Waals surface area contributed by atoms with E-state index in [0.29, 0.717) is 27.0 Å². The SMILES string of the molecule is NC(C(=O)Nc1cc2cc[nH]c(=O)c2cc1Cl)c1cccc(Cl)c1. The van der Waals surface area contributed by atoms with Crippen LogP contribution in [0, 0.1) is 0 Å². The van der Waals surface area contributed by atoms with E-state index in [9.17, 15) is 9.59 Å². The van der Waals surface area contributed by atoms with Crippen molar-refractivity contribution >= 4 is 45.6 Å². The first-order valence-electron chi connectivity index (χ1n) is 7.08. The summed E-state index contributed by atoms with van der Waals surface area (Å²) in [5, 5.41) is 4.55. The van der Waals surface area contributed by atoms with Gasteiger partial charge in [0.2, 0.25) is 5.91 Å². The average molecular weight is 362 g/mol. The molecule has 0 saturated carbocycles. The van der Waals surface area contributed by atoms with Crippen LogP contribution in [0.2, 0.25) is 10.0 Å². The van der Waals surface area contributed by atoms with Gasteiger partial charge in [0.05, 0.1) is 10.7 Å². The highest BCUT2D eigenvalue weighted by Gasteiger charge is 2.17. The number of nitrogens with one attached hydrogen (secondary N) is 2. The third kappa shape index (κ3) is 3.28. The summed E-state index contributed by atoms with van der Waals surface area (Å²) in [4.78, 5) is 26.7. The van der Waals surface area contributed by atoms with Crippen LogP contribution < -0.4 is 16.6 Å². The standard InChI is InChI=1S/C17H13Cl2N3O2/c18-11-3-1-2-10(6-11)15(20)17(24)22-14-7-9-4-5-21-16(23)12(9)8-13(14)19/h1-8,15H,20H2,(H,21,23)(H,22,24). The number of hydrogen-bond acceptors (Lipinski definition) is 3. The molecule has 1 amide bonds. The van der Waals surface area contributed by atoms with E-state index in [0.717, 1.165) is 0 Å². The number of fused-ring (bicyclic) bond motifs is 1. The maximum Gasteiger partial charge on any atom is 0.255 e. The molecule has 1 heterocycles. The molecular formula is C17H13Cl2N3O2. The predicted molar refractivity (Wildman–Crippen MR) is 96.6 cm³/mol. The van der Waals surface area contributed by atoms with Crippen LogP contribution in [0.25, 0.3) is 10.8 Å². The Labute approximate surface area is 147 Å². The fourth-order valence-corrected chi connectivity index (χ4v) is 2.78. The maximum absolute atomic E-state index is 12.4. The number of aromatic amines is 1. The van der Waals surface area contributed by atoms with Crippen LogP contribution in [-0.2, 0) is 4.79 Å². The second kappa shape index (κ2) is 6.65. The smallest absolute Gasteiger partial charge is 0.255 e. The number of nitrogens with two attached hydrogens (primary N) is 1. The number of H-pyrrole nitrogens is 1. The maximum atomic E-state index is 12.4. The second-order valence-electron chi connectivity index (χ2n) is 5.25. The zero-order valence-corrected chi connectivity index (χ0v) is 13.9. The van der Waals surface area contributed by atoms with Crippen molar-refractivity contribution in [3.8, 4) is 0 Å². The summed E-state index contributed by atoms with van der Waals surface area (Å²) >= 11 is 12.1. The van der Waals surface area contributed by atoms with Gasteiger partial charge in [-0.25, -0.2) is 0 Å². The van der Waals surface area contributed by atoms with Crippen molar-refractivity contribution in [2.75, 3.05) is 5.32 Å². The number of amides is 1. The Kier molecular flexibility index (Phi) is 4.57. The number of halogens is 2. The summed E-state index contributed by atoms with van der Waals surface area (Å²) in [5.74, 6) is -0.427. The summed E-state index contributed by atoms with van der Waals surface area (Å²) < 4.78 is 0. The molecule has 0 spiro atoms. The van der Waals surface area contributed by atoms with Crippen molar-refractivity contribution in [3.63, 3.8) is 0 Å². The predicted octanol–water partition coefficient (Wildman–Crippen LogP) is 3.47. The minimum absolute atomic E-state index is 0.247. The lowest BCUT2D eigenvalue weighted by Crippen LogP contribution is -2.27. The van der Waals surface area contributed by atoms with Crippen molar-refractivity contribution in [2.45, 2.75) is 6.04 Å². The molecule has 1 unspecified atom stereocenters. The summed E-state index contributed by atoms with van der Waals surface area (Å²) in [6.07, 6.45) is 1.53. The largest absolute Gasteiger partial charge is 0.329 e. The van der Waals surface area contributed by atoms with E-state index in [2.05, 4.69) is 10.3 Å². The topological polar surface area (TPSA) is 88.0 Å². The summed E-state index contributed by atoms with van der Waals surface area (Å²) in [6, 6.07) is 10.7. The number of benzene rings is 2. The normalized spacial score (nSPS) is 12.1. The van der Waals surface area contributed by atoms with E-state index in [1.807, 2.05) is 0 Å². The molecule has 4 N–H and O–H groups in total. The van der Waals surface area contributed by atoms with Crippen molar-refractivity contribution in [1.82, 2.24) is 4.98 Å². The second-order valence-corrected chi connectivity index (χ2v) is 6.09. The third-order valence-electron chi connectivity index (χ3n) is 3.61. The van der Waals surface area contributed by atoms with Gasteiger partial charge >= 0.3 is 0 Å². The van der Waals surface area contributed by atoms with Gasteiger partial charge < -0.3 is 16.0 Å². The monoisotopic (exact) mass is 361 g/mol. The van der Waals surface area contributed by atoms with Crippen molar-refractivity contribution in [1.29, 1.82) is 0 Å². The highest BCUT2D eigenvalue weighted by molar-refractivity contribution is 6.34. The van der Waals surface area contributed by atoms with Crippen LogP contribution in [0.3, 0.4) is 0 Å². The molecule has 0 aliphatic carbocycles. The van der Waals surface area contributed by atoms with Gasteiger partial charge in [0.25, 0.3) is 5.56 Å². The lowest BCUT2D eigenvalue weighted by Gasteiger charge is -2.14. The lowest BCUT2D eigenvalue weighted by atomic mass is 10.1. The average Bonchev–Trinajstić information content (AvgIpc) is 2.56. The molecule has 5 nitrogen and oxygen atoms in total. The lowest BCUT2D eigenvalue weighted by molar-refractivity contribution is -0.117. The Morgan fingerprint density at radius 1 is 1.17 bits per heavy atom. The first-order valence-corrected chi connectivity index (χ1v) is 7.84. The van der Waals surface area contributed by atoms with Crippen LogP contribution in [-0.4, -0.2) is 10.9 Å². The van der Waals surface area contributed by atoms with Crippen molar-refractivity contribution < 1.29 is 4.79 Å². The summed E-state index contributed by atoms with van der Waals surface area (Å²) in [6.45, 7) is 0. The number of anilines is 1. The van der Waals surface area contributed by atoms with Gasteiger partial charge in [0.15, 0.2) is 0 Å². The third-order valence-corrected chi connectivity index (χ3v) is 4.16. The highest BCUT2D eigenvalue weighted by Crippen LogP contribution is 2.27. The molecule has 24 heavy (non-hydrogen) atoms. The van der Waals surface area contributed by atoms with Crippen LogP contribution in [0.15, 0.2) is 53.5 Å². The van der Waals surface area contributed by atoms with Crippen LogP contribution in [0.4, 0.5) is 5.69 Å². The van der Waals surface area contributed by atoms with Crippen molar-refractivity contribution in [2.24, 2.45) is 5.73 Å². The highest BCUT2D eigenvalue weighted by atomic mass is 35.5. The van der Waals surface area contributed by atoms with E-state index >= 15 is 0 Å². The van der Waals surface area contributed by atoms with Gasteiger partial charge in [-0.3, -0.25) is 9.59 Å². The Balaban J connectivity index is 1.90. The minimum Gasteiger partial charge on any atom is -0.329 e. The first-order chi connectivity index (χ1) is 11.5. The number of pyridine rings is 1.